The minimum absolute atomic E-state index is 0.0198. The van der Waals surface area contributed by atoms with E-state index in [-0.39, 0.29) is 23.5 Å². The summed E-state index contributed by atoms with van der Waals surface area (Å²) in [6, 6.07) is 12.0. The summed E-state index contributed by atoms with van der Waals surface area (Å²) in [6.07, 6.45) is 6.21. The zero-order valence-corrected chi connectivity index (χ0v) is 22.8. The highest BCUT2D eigenvalue weighted by molar-refractivity contribution is 5.98. The van der Waals surface area contributed by atoms with Gasteiger partial charge in [-0.3, -0.25) is 9.59 Å². The van der Waals surface area contributed by atoms with Gasteiger partial charge in [0.1, 0.15) is 11.1 Å². The van der Waals surface area contributed by atoms with Gasteiger partial charge in [0.15, 0.2) is 12.3 Å². The van der Waals surface area contributed by atoms with Gasteiger partial charge in [0.2, 0.25) is 5.95 Å². The van der Waals surface area contributed by atoms with Crippen molar-refractivity contribution >= 4 is 34.3 Å². The number of anilines is 3. The molecule has 10 nitrogen and oxygen atoms in total. The van der Waals surface area contributed by atoms with Crippen molar-refractivity contribution in [2.24, 2.45) is 0 Å². The molecular formula is C30H31N7O3. The maximum atomic E-state index is 13.5. The Balaban J connectivity index is 1.33. The average Bonchev–Trinajstić information content (AvgIpc) is 3.17. The van der Waals surface area contributed by atoms with Gasteiger partial charge < -0.3 is 19.9 Å². The molecule has 5 heterocycles. The van der Waals surface area contributed by atoms with E-state index in [1.54, 1.807) is 15.8 Å². The lowest BCUT2D eigenvalue weighted by atomic mass is 9.78. The Morgan fingerprint density at radius 1 is 1.07 bits per heavy atom. The molecule has 0 atom stereocenters. The molecule has 0 saturated heterocycles. The van der Waals surface area contributed by atoms with E-state index in [1.807, 2.05) is 35.0 Å². The lowest BCUT2D eigenvalue weighted by Crippen LogP contribution is -2.39. The molecule has 1 N–H and O–H groups in total. The van der Waals surface area contributed by atoms with Crippen LogP contribution >= 0.6 is 0 Å². The van der Waals surface area contributed by atoms with E-state index in [9.17, 15) is 9.59 Å². The second-order valence-corrected chi connectivity index (χ2v) is 11.4. The minimum Gasteiger partial charge on any atom is -0.482 e. The monoisotopic (exact) mass is 537 g/mol. The summed E-state index contributed by atoms with van der Waals surface area (Å²) in [5.41, 5.74) is 5.33. The van der Waals surface area contributed by atoms with Crippen LogP contribution in [-0.2, 0) is 23.3 Å². The quantitative estimate of drug-likeness (QED) is 0.389. The van der Waals surface area contributed by atoms with Gasteiger partial charge in [-0.1, -0.05) is 32.1 Å². The summed E-state index contributed by atoms with van der Waals surface area (Å²) >= 11 is 0. The maximum Gasteiger partial charge on any atom is 0.278 e. The number of allylic oxidation sites excluding steroid dienone is 1. The van der Waals surface area contributed by atoms with E-state index in [1.165, 1.54) is 11.1 Å². The molecule has 7 rings (SSSR count). The smallest absolute Gasteiger partial charge is 0.278 e. The first-order chi connectivity index (χ1) is 19.3. The van der Waals surface area contributed by atoms with Crippen LogP contribution in [0.15, 0.2) is 59.5 Å². The van der Waals surface area contributed by atoms with Gasteiger partial charge in [-0.25, -0.2) is 14.3 Å². The molecule has 0 spiro atoms. The first kappa shape index (κ1) is 24.6. The number of hydrogen-bond acceptors (Lipinski definition) is 7. The molecular weight excluding hydrogens is 506 g/mol. The molecule has 3 aliphatic heterocycles. The second-order valence-electron chi connectivity index (χ2n) is 11.4. The van der Waals surface area contributed by atoms with Crippen molar-refractivity contribution < 1.29 is 9.53 Å². The number of nitrogens with zero attached hydrogens (tertiary/aromatic N) is 6. The molecule has 204 valence electrons. The van der Waals surface area contributed by atoms with Crippen molar-refractivity contribution in [2.75, 3.05) is 37.0 Å². The largest absolute Gasteiger partial charge is 0.482 e. The minimum atomic E-state index is -0.175. The highest BCUT2D eigenvalue weighted by Crippen LogP contribution is 2.36. The standard InChI is InChI=1S/C30H31N7O3/c1-30(2)18-34(3)16-19-13-20(7-9-23(19)30)32-29-31-15-22-27(33-29)37-21-8-10-25-24(14-21)35(26(38)17-40-25)11-5-4-6-12-36(37)28(22)39/h4,6-10,13-15H,5,11-12,16-18H2,1-3H3,(H,31,32,33). The van der Waals surface area contributed by atoms with Gasteiger partial charge in [-0.15, -0.1) is 0 Å². The zero-order valence-electron chi connectivity index (χ0n) is 22.8. The summed E-state index contributed by atoms with van der Waals surface area (Å²) in [5, 5.41) is 3.78. The number of ether oxygens (including phenoxy) is 1. The van der Waals surface area contributed by atoms with E-state index < -0.39 is 0 Å². The molecule has 2 aromatic heterocycles. The van der Waals surface area contributed by atoms with Crippen LogP contribution in [0, 0.1) is 0 Å². The highest BCUT2D eigenvalue weighted by atomic mass is 16.5. The Bertz CT molecular complexity index is 1770. The molecule has 10 heteroatoms. The molecule has 0 unspecified atom stereocenters. The van der Waals surface area contributed by atoms with Crippen molar-refractivity contribution in [3.63, 3.8) is 0 Å². The number of benzene rings is 2. The zero-order chi connectivity index (χ0) is 27.6. The SMILES string of the molecule is CN1Cc2cc(Nc3ncc4c(=O)n5n(c4n3)-c3ccc4c(c3)N(CCC=CC5)C(=O)CO4)ccc2C(C)(C)C1. The van der Waals surface area contributed by atoms with Gasteiger partial charge in [0.25, 0.3) is 11.5 Å². The van der Waals surface area contributed by atoms with Crippen molar-refractivity contribution in [3.8, 4) is 11.4 Å². The molecule has 2 bridgehead atoms. The van der Waals surface area contributed by atoms with E-state index >= 15 is 0 Å². The Labute approximate surface area is 231 Å². The van der Waals surface area contributed by atoms with Crippen molar-refractivity contribution in [1.29, 1.82) is 0 Å². The lowest BCUT2D eigenvalue weighted by Gasteiger charge is -2.38. The van der Waals surface area contributed by atoms with E-state index in [0.717, 1.165) is 18.8 Å². The van der Waals surface area contributed by atoms with Crippen LogP contribution in [0.4, 0.5) is 17.3 Å². The number of carbonyl (C=O) groups excluding carboxylic acids is 1. The number of amides is 1. The lowest BCUT2D eigenvalue weighted by molar-refractivity contribution is -0.121. The molecule has 0 saturated carbocycles. The Kier molecular flexibility index (Phi) is 5.57. The number of likely N-dealkylation sites (N-methyl/N-ethyl adjacent to an activating group) is 1. The topological polar surface area (TPSA) is 97.5 Å². The third-order valence-corrected chi connectivity index (χ3v) is 7.97. The van der Waals surface area contributed by atoms with Crippen molar-refractivity contribution in [1.82, 2.24) is 24.2 Å². The maximum absolute atomic E-state index is 13.5. The van der Waals surface area contributed by atoms with Crippen LogP contribution in [0.2, 0.25) is 0 Å². The Morgan fingerprint density at radius 3 is 2.83 bits per heavy atom. The second kappa shape index (κ2) is 9.06. The predicted octanol–water partition coefficient (Wildman–Crippen LogP) is 3.73. The fourth-order valence-electron chi connectivity index (χ4n) is 6.28. The normalized spacial score (nSPS) is 18.1. The third kappa shape index (κ3) is 3.98. The summed E-state index contributed by atoms with van der Waals surface area (Å²) in [7, 11) is 2.14. The summed E-state index contributed by atoms with van der Waals surface area (Å²) in [5.74, 6) is 0.968. The van der Waals surface area contributed by atoms with Crippen LogP contribution in [0.1, 0.15) is 31.4 Å². The van der Waals surface area contributed by atoms with Crippen LogP contribution < -0.4 is 20.5 Å². The molecule has 4 aromatic rings. The number of hydrogen-bond donors (Lipinski definition) is 1. The molecule has 1 amide bonds. The molecule has 0 fully saturated rings. The fourth-order valence-corrected chi connectivity index (χ4v) is 6.28. The number of rotatable bonds is 2. The fraction of sp³-hybridized carbons (Fsp3) is 0.333. The van der Waals surface area contributed by atoms with Gasteiger partial charge >= 0.3 is 0 Å². The van der Waals surface area contributed by atoms with E-state index in [4.69, 9.17) is 9.72 Å². The summed E-state index contributed by atoms with van der Waals surface area (Å²) in [4.78, 5) is 39.6. The molecule has 40 heavy (non-hydrogen) atoms. The Hall–Kier alpha value is -4.44. The highest BCUT2D eigenvalue weighted by Gasteiger charge is 2.30. The van der Waals surface area contributed by atoms with Crippen molar-refractivity contribution in [3.05, 3.63) is 76.2 Å². The number of fused-ring (bicyclic) bond motifs is 6. The van der Waals surface area contributed by atoms with Crippen LogP contribution in [0.25, 0.3) is 16.7 Å². The first-order valence-corrected chi connectivity index (χ1v) is 13.6. The molecule has 0 radical (unpaired) electrons. The first-order valence-electron chi connectivity index (χ1n) is 13.6. The van der Waals surface area contributed by atoms with Crippen molar-refractivity contribution in [2.45, 2.75) is 38.8 Å². The number of carbonyl (C=O) groups is 1. The number of aromatic nitrogens is 4. The molecule has 0 aliphatic carbocycles. The average molecular weight is 538 g/mol. The van der Waals surface area contributed by atoms with Crippen LogP contribution in [-0.4, -0.2) is 56.9 Å². The van der Waals surface area contributed by atoms with Gasteiger partial charge in [0.05, 0.1) is 17.9 Å². The number of nitrogens with one attached hydrogen (secondary N) is 1. The Morgan fingerprint density at radius 2 is 1.95 bits per heavy atom. The van der Waals surface area contributed by atoms with Gasteiger partial charge in [-0.05, 0) is 54.9 Å². The summed E-state index contributed by atoms with van der Waals surface area (Å²) < 4.78 is 9.15. The van der Waals surface area contributed by atoms with E-state index in [2.05, 4.69) is 54.3 Å². The van der Waals surface area contributed by atoms with E-state index in [0.29, 0.717) is 53.6 Å². The summed E-state index contributed by atoms with van der Waals surface area (Å²) in [6.45, 7) is 7.37. The van der Waals surface area contributed by atoms with Gasteiger partial charge in [-0.2, -0.15) is 4.98 Å². The molecule has 3 aliphatic rings. The third-order valence-electron chi connectivity index (χ3n) is 7.97. The van der Waals surface area contributed by atoms with Crippen LogP contribution in [0.3, 0.4) is 0 Å². The van der Waals surface area contributed by atoms with Crippen LogP contribution in [0.5, 0.6) is 5.75 Å². The molecule has 2 aromatic carbocycles. The van der Waals surface area contributed by atoms with Gasteiger partial charge in [0, 0.05) is 36.9 Å². The predicted molar refractivity (Wildman–Crippen MR) is 154 cm³/mol.